The summed E-state index contributed by atoms with van der Waals surface area (Å²) in [6, 6.07) is 9.64. The molecular formula is C25H20F2O3. The summed E-state index contributed by atoms with van der Waals surface area (Å²) in [5.74, 6) is -3.45. The Morgan fingerprint density at radius 2 is 1.97 bits per heavy atom. The van der Waals surface area contributed by atoms with Crippen LogP contribution < -0.4 is 0 Å². The molecule has 4 aliphatic carbocycles. The fourth-order valence-corrected chi connectivity index (χ4v) is 5.49. The molecule has 1 saturated carbocycles. The Kier molecular flexibility index (Phi) is 4.07. The second-order valence-corrected chi connectivity index (χ2v) is 8.48. The molecule has 0 amide bonds. The minimum atomic E-state index is -1.02. The highest BCUT2D eigenvalue weighted by molar-refractivity contribution is 6.03. The van der Waals surface area contributed by atoms with Crippen LogP contribution in [0.4, 0.5) is 8.78 Å². The third kappa shape index (κ3) is 2.47. The van der Waals surface area contributed by atoms with Crippen LogP contribution in [0.2, 0.25) is 0 Å². The number of Topliss-reactive ketones (excluding diaryl/α,β-unsaturated/α-hetero) is 1. The zero-order valence-corrected chi connectivity index (χ0v) is 16.5. The lowest BCUT2D eigenvalue weighted by Gasteiger charge is -2.46. The van der Waals surface area contributed by atoms with Crippen LogP contribution in [0.3, 0.4) is 0 Å². The van der Waals surface area contributed by atoms with Gasteiger partial charge in [0.15, 0.2) is 11.6 Å². The third-order valence-electron chi connectivity index (χ3n) is 6.78. The quantitative estimate of drug-likeness (QED) is 0.530. The molecule has 6 rings (SSSR count). The Labute approximate surface area is 173 Å². The van der Waals surface area contributed by atoms with Crippen LogP contribution in [-0.4, -0.2) is 11.8 Å². The van der Waals surface area contributed by atoms with Gasteiger partial charge in [-0.15, -0.1) is 0 Å². The molecule has 0 unspecified atom stereocenters. The number of benzene rings is 2. The van der Waals surface area contributed by atoms with Crippen molar-refractivity contribution < 1.29 is 23.1 Å². The van der Waals surface area contributed by atoms with Gasteiger partial charge in [0, 0.05) is 17.4 Å². The van der Waals surface area contributed by atoms with Gasteiger partial charge in [-0.3, -0.25) is 9.59 Å². The smallest absolute Gasteiger partial charge is 0.314 e. The molecule has 0 heterocycles. The maximum Gasteiger partial charge on any atom is 0.314 e. The molecule has 1 spiro atoms. The highest BCUT2D eigenvalue weighted by Crippen LogP contribution is 2.66. The maximum absolute atomic E-state index is 14.0. The normalized spacial score (nSPS) is 26.3. The molecule has 5 heteroatoms. The lowest BCUT2D eigenvalue weighted by molar-refractivity contribution is -0.150. The number of carbonyl (C=O) groups excluding carboxylic acids is 2. The number of hydrogen-bond acceptors (Lipinski definition) is 3. The molecule has 0 saturated heterocycles. The van der Waals surface area contributed by atoms with E-state index in [-0.39, 0.29) is 30.3 Å². The molecule has 0 aliphatic heterocycles. The van der Waals surface area contributed by atoms with Crippen LogP contribution in [-0.2, 0) is 20.9 Å². The van der Waals surface area contributed by atoms with Gasteiger partial charge in [-0.1, -0.05) is 48.6 Å². The topological polar surface area (TPSA) is 43.4 Å². The number of ether oxygens (including phenoxy) is 1. The number of hydrogen-bond donors (Lipinski definition) is 0. The SMILES string of the molecule is C=C1C[C@]23CC(=O)[C@H]1C=C2c1cccc(C)c1[C@@H]3C(=O)OCc1cccc(F)c1F. The molecule has 2 aromatic carbocycles. The molecule has 0 N–H and O–H groups in total. The van der Waals surface area contributed by atoms with Gasteiger partial charge in [0.25, 0.3) is 0 Å². The minimum absolute atomic E-state index is 0.0209. The van der Waals surface area contributed by atoms with E-state index >= 15 is 0 Å². The zero-order chi connectivity index (χ0) is 21.2. The number of aryl methyl sites for hydroxylation is 1. The van der Waals surface area contributed by atoms with Gasteiger partial charge in [-0.05, 0) is 41.7 Å². The summed E-state index contributed by atoms with van der Waals surface area (Å²) in [4.78, 5) is 26.1. The van der Waals surface area contributed by atoms with Gasteiger partial charge < -0.3 is 4.74 Å². The van der Waals surface area contributed by atoms with E-state index in [2.05, 4.69) is 6.58 Å². The van der Waals surface area contributed by atoms with Crippen molar-refractivity contribution in [2.45, 2.75) is 32.3 Å². The second-order valence-electron chi connectivity index (χ2n) is 8.48. The number of halogens is 2. The fraction of sp³-hybridized carbons (Fsp3) is 0.280. The Bertz CT molecular complexity index is 1140. The monoisotopic (exact) mass is 406 g/mol. The molecule has 30 heavy (non-hydrogen) atoms. The second kappa shape index (κ2) is 6.46. The number of rotatable bonds is 3. The van der Waals surface area contributed by atoms with E-state index in [0.29, 0.717) is 6.42 Å². The Hall–Kier alpha value is -3.08. The van der Waals surface area contributed by atoms with Crippen molar-refractivity contribution >= 4 is 17.3 Å². The van der Waals surface area contributed by atoms with Gasteiger partial charge in [0.2, 0.25) is 0 Å². The number of allylic oxidation sites excluding steroid dienone is 3. The average molecular weight is 406 g/mol. The highest BCUT2D eigenvalue weighted by atomic mass is 19.2. The fourth-order valence-electron chi connectivity index (χ4n) is 5.49. The molecule has 3 nitrogen and oxygen atoms in total. The van der Waals surface area contributed by atoms with Crippen LogP contribution >= 0.6 is 0 Å². The van der Waals surface area contributed by atoms with Crippen LogP contribution in [0.15, 0.2) is 54.6 Å². The summed E-state index contributed by atoms with van der Waals surface area (Å²) in [7, 11) is 0. The van der Waals surface area contributed by atoms with E-state index in [0.717, 1.165) is 33.9 Å². The van der Waals surface area contributed by atoms with E-state index in [1.54, 1.807) is 0 Å². The zero-order valence-electron chi connectivity index (χ0n) is 16.5. The first kappa shape index (κ1) is 18.9. The summed E-state index contributed by atoms with van der Waals surface area (Å²) >= 11 is 0. The summed E-state index contributed by atoms with van der Waals surface area (Å²) < 4.78 is 33.0. The van der Waals surface area contributed by atoms with Gasteiger partial charge in [0.1, 0.15) is 12.4 Å². The van der Waals surface area contributed by atoms with E-state index in [4.69, 9.17) is 4.74 Å². The first-order chi connectivity index (χ1) is 14.3. The predicted molar refractivity (Wildman–Crippen MR) is 107 cm³/mol. The number of carbonyl (C=O) groups is 2. The molecule has 2 bridgehead atoms. The minimum Gasteiger partial charge on any atom is -0.460 e. The average Bonchev–Trinajstić information content (AvgIpc) is 2.99. The summed E-state index contributed by atoms with van der Waals surface area (Å²) in [5, 5.41) is 0. The van der Waals surface area contributed by atoms with Crippen molar-refractivity contribution in [2.24, 2.45) is 11.3 Å². The standard InChI is InChI=1S/C25H20F2O3/c1-13-5-3-7-16-18-9-17-14(2)10-25(18,11-20(17)28)22(21(13)16)24(29)30-12-15-6-4-8-19(26)23(15)27/h3-9,17,22H,2,10-12H2,1H3/t17-,22+,25-/m0/s1. The lowest BCUT2D eigenvalue weighted by atomic mass is 9.56. The molecule has 0 aromatic heterocycles. The van der Waals surface area contributed by atoms with Gasteiger partial charge in [-0.2, -0.15) is 0 Å². The lowest BCUT2D eigenvalue weighted by Crippen LogP contribution is -2.44. The predicted octanol–water partition coefficient (Wildman–Crippen LogP) is 5.03. The number of esters is 1. The van der Waals surface area contributed by atoms with Crippen molar-refractivity contribution in [3.05, 3.63) is 88.5 Å². The Morgan fingerprint density at radius 3 is 2.73 bits per heavy atom. The van der Waals surface area contributed by atoms with E-state index < -0.39 is 28.9 Å². The van der Waals surface area contributed by atoms with Gasteiger partial charge in [0.05, 0.1) is 11.8 Å². The molecule has 4 aliphatic rings. The molecule has 152 valence electrons. The van der Waals surface area contributed by atoms with E-state index in [1.165, 1.54) is 12.1 Å². The van der Waals surface area contributed by atoms with Crippen LogP contribution in [0.25, 0.3) is 5.57 Å². The Morgan fingerprint density at radius 1 is 1.20 bits per heavy atom. The van der Waals surface area contributed by atoms with Crippen LogP contribution in [0, 0.1) is 29.9 Å². The van der Waals surface area contributed by atoms with Crippen LogP contribution in [0.5, 0.6) is 0 Å². The molecule has 0 radical (unpaired) electrons. The van der Waals surface area contributed by atoms with Crippen molar-refractivity contribution in [1.82, 2.24) is 0 Å². The van der Waals surface area contributed by atoms with Crippen molar-refractivity contribution in [3.8, 4) is 0 Å². The highest BCUT2D eigenvalue weighted by Gasteiger charge is 2.60. The molecule has 2 aromatic rings. The summed E-state index contributed by atoms with van der Waals surface area (Å²) in [6.45, 7) is 5.65. The van der Waals surface area contributed by atoms with Crippen molar-refractivity contribution in [3.63, 3.8) is 0 Å². The largest absolute Gasteiger partial charge is 0.460 e. The van der Waals surface area contributed by atoms with Crippen molar-refractivity contribution in [1.29, 1.82) is 0 Å². The summed E-state index contributed by atoms with van der Waals surface area (Å²) in [6.07, 6.45) is 2.75. The van der Waals surface area contributed by atoms with E-state index in [1.807, 2.05) is 31.2 Å². The first-order valence-electron chi connectivity index (χ1n) is 9.95. The Balaban J connectivity index is 1.56. The number of ketones is 1. The number of fused-ring (bicyclic) bond motifs is 3. The third-order valence-corrected chi connectivity index (χ3v) is 6.78. The maximum atomic E-state index is 14.0. The van der Waals surface area contributed by atoms with Gasteiger partial charge >= 0.3 is 5.97 Å². The molecule has 3 atom stereocenters. The van der Waals surface area contributed by atoms with Gasteiger partial charge in [-0.25, -0.2) is 8.78 Å². The van der Waals surface area contributed by atoms with E-state index in [9.17, 15) is 18.4 Å². The summed E-state index contributed by atoms with van der Waals surface area (Å²) in [5.41, 5.74) is 3.86. The van der Waals surface area contributed by atoms with Crippen molar-refractivity contribution in [2.75, 3.05) is 0 Å². The molecule has 1 fully saturated rings. The van der Waals surface area contributed by atoms with Crippen LogP contribution in [0.1, 0.15) is 41.0 Å². The molecular weight excluding hydrogens is 386 g/mol. The first-order valence-corrected chi connectivity index (χ1v) is 9.95.